The van der Waals surface area contributed by atoms with E-state index in [1.807, 2.05) is 0 Å². The third-order valence-corrected chi connectivity index (χ3v) is 3.03. The van der Waals surface area contributed by atoms with E-state index in [0.29, 0.717) is 10.2 Å². The number of aliphatic hydroxyl groups excluding tert-OH is 1. The number of aliphatic hydroxyl groups is 1. The Labute approximate surface area is 106 Å². The van der Waals surface area contributed by atoms with Gasteiger partial charge in [-0.25, -0.2) is 9.07 Å². The van der Waals surface area contributed by atoms with Gasteiger partial charge in [-0.15, -0.1) is 5.10 Å². The van der Waals surface area contributed by atoms with Gasteiger partial charge in [0, 0.05) is 0 Å². The van der Waals surface area contributed by atoms with Crippen molar-refractivity contribution < 1.29 is 9.50 Å². The van der Waals surface area contributed by atoms with Gasteiger partial charge in [0.25, 0.3) is 0 Å². The van der Waals surface area contributed by atoms with Crippen LogP contribution in [0.3, 0.4) is 0 Å². The van der Waals surface area contributed by atoms with E-state index in [1.165, 1.54) is 10.7 Å². The van der Waals surface area contributed by atoms with Crippen molar-refractivity contribution in [3.8, 4) is 5.69 Å². The molecular formula is C11H11BrFN3O. The number of hydrogen-bond acceptors (Lipinski definition) is 3. The summed E-state index contributed by atoms with van der Waals surface area (Å²) < 4.78 is 15.2. The van der Waals surface area contributed by atoms with Crippen LogP contribution in [0.25, 0.3) is 5.69 Å². The summed E-state index contributed by atoms with van der Waals surface area (Å²) in [6.07, 6.45) is 0.949. The standard InChI is InChI=1S/C11H11BrFN3O/c1-6-3-9(13)8(12)4-11(6)16-5-10(7(2)17)14-15-16/h3-5,7,17H,1-2H3. The highest BCUT2D eigenvalue weighted by molar-refractivity contribution is 9.10. The van der Waals surface area contributed by atoms with Gasteiger partial charge in [0.1, 0.15) is 11.5 Å². The van der Waals surface area contributed by atoms with Crippen LogP contribution in [0, 0.1) is 12.7 Å². The molecule has 0 saturated carbocycles. The Hall–Kier alpha value is -1.27. The number of rotatable bonds is 2. The molecule has 1 aromatic carbocycles. The molecule has 6 heteroatoms. The Kier molecular flexibility index (Phi) is 3.26. The van der Waals surface area contributed by atoms with Gasteiger partial charge >= 0.3 is 0 Å². The number of hydrogen-bond donors (Lipinski definition) is 1. The van der Waals surface area contributed by atoms with E-state index in [-0.39, 0.29) is 5.82 Å². The van der Waals surface area contributed by atoms with E-state index in [4.69, 9.17) is 0 Å². The predicted molar refractivity (Wildman–Crippen MR) is 64.4 cm³/mol. The first-order chi connectivity index (χ1) is 7.99. The van der Waals surface area contributed by atoms with Crippen LogP contribution in [0.4, 0.5) is 4.39 Å². The molecule has 1 N–H and O–H groups in total. The summed E-state index contributed by atoms with van der Waals surface area (Å²) in [5.41, 5.74) is 1.94. The molecule has 0 bridgehead atoms. The van der Waals surface area contributed by atoms with Gasteiger partial charge < -0.3 is 5.11 Å². The molecule has 0 aliphatic rings. The Morgan fingerprint density at radius 2 is 2.18 bits per heavy atom. The van der Waals surface area contributed by atoms with E-state index in [9.17, 15) is 9.50 Å². The summed E-state index contributed by atoms with van der Waals surface area (Å²) in [5, 5.41) is 17.1. The number of halogens is 2. The lowest BCUT2D eigenvalue weighted by molar-refractivity contribution is 0.194. The third kappa shape index (κ3) is 2.37. The van der Waals surface area contributed by atoms with Crippen LogP contribution in [0.15, 0.2) is 22.8 Å². The quantitative estimate of drug-likeness (QED) is 0.927. The van der Waals surface area contributed by atoms with Crippen molar-refractivity contribution in [1.82, 2.24) is 15.0 Å². The summed E-state index contributed by atoms with van der Waals surface area (Å²) in [6, 6.07) is 3.05. The zero-order chi connectivity index (χ0) is 12.6. The molecule has 0 amide bonds. The zero-order valence-corrected chi connectivity index (χ0v) is 10.9. The molecule has 2 rings (SSSR count). The lowest BCUT2D eigenvalue weighted by atomic mass is 10.2. The topological polar surface area (TPSA) is 50.9 Å². The van der Waals surface area contributed by atoms with Gasteiger partial charge in [0.05, 0.1) is 22.5 Å². The van der Waals surface area contributed by atoms with Crippen LogP contribution in [-0.2, 0) is 0 Å². The van der Waals surface area contributed by atoms with Crippen molar-refractivity contribution in [2.45, 2.75) is 20.0 Å². The molecule has 2 aromatic rings. The summed E-state index contributed by atoms with van der Waals surface area (Å²) in [4.78, 5) is 0. The molecule has 4 nitrogen and oxygen atoms in total. The van der Waals surface area contributed by atoms with Crippen LogP contribution >= 0.6 is 15.9 Å². The summed E-state index contributed by atoms with van der Waals surface area (Å²) in [6.45, 7) is 3.40. The summed E-state index contributed by atoms with van der Waals surface area (Å²) in [7, 11) is 0. The molecule has 0 aliphatic carbocycles. The minimum Gasteiger partial charge on any atom is -0.387 e. The molecule has 1 heterocycles. The first kappa shape index (κ1) is 12.2. The average molecular weight is 300 g/mol. The Morgan fingerprint density at radius 1 is 1.47 bits per heavy atom. The first-order valence-electron chi connectivity index (χ1n) is 5.05. The molecule has 1 aromatic heterocycles. The molecule has 1 atom stereocenters. The SMILES string of the molecule is Cc1cc(F)c(Br)cc1-n1cc(C(C)O)nn1. The van der Waals surface area contributed by atoms with Crippen molar-refractivity contribution >= 4 is 15.9 Å². The van der Waals surface area contributed by atoms with Gasteiger partial charge in [-0.05, 0) is 47.5 Å². The van der Waals surface area contributed by atoms with E-state index >= 15 is 0 Å². The summed E-state index contributed by atoms with van der Waals surface area (Å²) >= 11 is 3.13. The highest BCUT2D eigenvalue weighted by Crippen LogP contribution is 2.23. The van der Waals surface area contributed by atoms with Crippen LogP contribution in [0.1, 0.15) is 24.3 Å². The lowest BCUT2D eigenvalue weighted by Gasteiger charge is -2.06. The second-order valence-corrected chi connectivity index (χ2v) is 4.67. The lowest BCUT2D eigenvalue weighted by Crippen LogP contribution is -1.99. The Balaban J connectivity index is 2.49. The van der Waals surface area contributed by atoms with Crippen molar-refractivity contribution in [1.29, 1.82) is 0 Å². The maximum absolute atomic E-state index is 13.3. The fourth-order valence-corrected chi connectivity index (χ4v) is 1.80. The second-order valence-electron chi connectivity index (χ2n) is 3.82. The Bertz CT molecular complexity index is 554. The van der Waals surface area contributed by atoms with Gasteiger partial charge in [-0.1, -0.05) is 5.21 Å². The van der Waals surface area contributed by atoms with Gasteiger partial charge in [-0.2, -0.15) is 0 Å². The summed E-state index contributed by atoms with van der Waals surface area (Å²) in [5.74, 6) is -0.317. The van der Waals surface area contributed by atoms with Gasteiger partial charge in [0.2, 0.25) is 0 Å². The normalized spacial score (nSPS) is 12.8. The fraction of sp³-hybridized carbons (Fsp3) is 0.273. The molecule has 17 heavy (non-hydrogen) atoms. The van der Waals surface area contributed by atoms with Crippen molar-refractivity contribution in [2.24, 2.45) is 0 Å². The van der Waals surface area contributed by atoms with Crippen LogP contribution in [0.5, 0.6) is 0 Å². The van der Waals surface area contributed by atoms with Gasteiger partial charge in [0.15, 0.2) is 0 Å². The van der Waals surface area contributed by atoms with Crippen molar-refractivity contribution in [2.75, 3.05) is 0 Å². The Morgan fingerprint density at radius 3 is 2.76 bits per heavy atom. The second kappa shape index (κ2) is 4.54. The van der Waals surface area contributed by atoms with E-state index in [1.54, 1.807) is 26.1 Å². The number of nitrogens with zero attached hydrogens (tertiary/aromatic N) is 3. The zero-order valence-electron chi connectivity index (χ0n) is 9.35. The smallest absolute Gasteiger partial charge is 0.137 e. The van der Waals surface area contributed by atoms with E-state index in [2.05, 4.69) is 26.2 Å². The third-order valence-electron chi connectivity index (χ3n) is 2.42. The van der Waals surface area contributed by atoms with Crippen LogP contribution in [0.2, 0.25) is 0 Å². The number of aryl methyl sites for hydroxylation is 1. The largest absolute Gasteiger partial charge is 0.387 e. The van der Waals surface area contributed by atoms with E-state index in [0.717, 1.165) is 11.3 Å². The molecule has 0 aliphatic heterocycles. The average Bonchev–Trinajstić information content (AvgIpc) is 2.72. The van der Waals surface area contributed by atoms with Gasteiger partial charge in [-0.3, -0.25) is 0 Å². The highest BCUT2D eigenvalue weighted by atomic mass is 79.9. The fourth-order valence-electron chi connectivity index (χ4n) is 1.47. The highest BCUT2D eigenvalue weighted by Gasteiger charge is 2.11. The molecule has 1 unspecified atom stereocenters. The molecule has 0 radical (unpaired) electrons. The minimum absolute atomic E-state index is 0.317. The monoisotopic (exact) mass is 299 g/mol. The minimum atomic E-state index is -0.673. The predicted octanol–water partition coefficient (Wildman–Crippen LogP) is 2.53. The van der Waals surface area contributed by atoms with Crippen molar-refractivity contribution in [3.05, 3.63) is 39.9 Å². The molecular weight excluding hydrogens is 289 g/mol. The number of benzene rings is 1. The van der Waals surface area contributed by atoms with Crippen LogP contribution < -0.4 is 0 Å². The first-order valence-corrected chi connectivity index (χ1v) is 5.84. The van der Waals surface area contributed by atoms with Crippen molar-refractivity contribution in [3.63, 3.8) is 0 Å². The molecule has 0 spiro atoms. The molecule has 90 valence electrons. The maximum atomic E-state index is 13.3. The molecule has 0 fully saturated rings. The van der Waals surface area contributed by atoms with Crippen LogP contribution in [-0.4, -0.2) is 20.1 Å². The number of aromatic nitrogens is 3. The van der Waals surface area contributed by atoms with E-state index < -0.39 is 6.10 Å². The maximum Gasteiger partial charge on any atom is 0.137 e. The molecule has 0 saturated heterocycles.